The Bertz CT molecular complexity index is 584. The van der Waals surface area contributed by atoms with Crippen LogP contribution in [0.3, 0.4) is 0 Å². The summed E-state index contributed by atoms with van der Waals surface area (Å²) in [6.45, 7) is 2.20. The van der Waals surface area contributed by atoms with Gasteiger partial charge in [0.05, 0.1) is 0 Å². The fourth-order valence-corrected chi connectivity index (χ4v) is 2.88. The molecule has 0 spiro atoms. The topological polar surface area (TPSA) is 49.3 Å². The Morgan fingerprint density at radius 1 is 1.04 bits per heavy atom. The number of hydrogen-bond donors (Lipinski definition) is 0. The first kappa shape index (κ1) is 15.8. The SMILES string of the molecule is O=C(C1CC=CC1)N1CCN(c2ccc(C(F)(F)F)nn2)CC1. The summed E-state index contributed by atoms with van der Waals surface area (Å²) >= 11 is 0. The van der Waals surface area contributed by atoms with Crippen molar-refractivity contribution >= 4 is 11.7 Å². The minimum Gasteiger partial charge on any atom is -0.352 e. The van der Waals surface area contributed by atoms with Gasteiger partial charge >= 0.3 is 6.18 Å². The van der Waals surface area contributed by atoms with Crippen molar-refractivity contribution in [3.8, 4) is 0 Å². The van der Waals surface area contributed by atoms with E-state index in [1.165, 1.54) is 6.07 Å². The lowest BCUT2D eigenvalue weighted by Gasteiger charge is -2.36. The van der Waals surface area contributed by atoms with Crippen LogP contribution in [0.25, 0.3) is 0 Å². The molecule has 0 aromatic carbocycles. The first-order valence-electron chi connectivity index (χ1n) is 7.55. The number of anilines is 1. The van der Waals surface area contributed by atoms with E-state index in [0.29, 0.717) is 32.0 Å². The van der Waals surface area contributed by atoms with Gasteiger partial charge in [0.15, 0.2) is 11.5 Å². The number of amides is 1. The maximum absolute atomic E-state index is 12.5. The van der Waals surface area contributed by atoms with Crippen molar-refractivity contribution in [1.29, 1.82) is 0 Å². The minimum atomic E-state index is -4.48. The zero-order chi connectivity index (χ0) is 16.4. The molecule has 8 heteroatoms. The van der Waals surface area contributed by atoms with Gasteiger partial charge in [0.2, 0.25) is 5.91 Å². The van der Waals surface area contributed by atoms with Crippen molar-refractivity contribution < 1.29 is 18.0 Å². The van der Waals surface area contributed by atoms with E-state index in [9.17, 15) is 18.0 Å². The molecule has 0 radical (unpaired) electrons. The van der Waals surface area contributed by atoms with Gasteiger partial charge in [-0.3, -0.25) is 4.79 Å². The average molecular weight is 326 g/mol. The molecule has 0 N–H and O–H groups in total. The molecule has 0 atom stereocenters. The average Bonchev–Trinajstić information content (AvgIpc) is 3.08. The number of hydrogen-bond acceptors (Lipinski definition) is 4. The molecule has 5 nitrogen and oxygen atoms in total. The molecule has 2 heterocycles. The zero-order valence-electron chi connectivity index (χ0n) is 12.5. The fourth-order valence-electron chi connectivity index (χ4n) is 2.88. The number of halogens is 3. The molecule has 1 amide bonds. The summed E-state index contributed by atoms with van der Waals surface area (Å²) in [6.07, 6.45) is 1.16. The van der Waals surface area contributed by atoms with Crippen LogP contribution in [0.1, 0.15) is 18.5 Å². The quantitative estimate of drug-likeness (QED) is 0.781. The third-order valence-corrected chi connectivity index (χ3v) is 4.21. The molecule has 3 rings (SSSR count). The molecule has 1 fully saturated rings. The third-order valence-electron chi connectivity index (χ3n) is 4.21. The van der Waals surface area contributed by atoms with Crippen LogP contribution in [-0.2, 0) is 11.0 Å². The smallest absolute Gasteiger partial charge is 0.352 e. The summed E-state index contributed by atoms with van der Waals surface area (Å²) in [7, 11) is 0. The van der Waals surface area contributed by atoms with E-state index in [1.54, 1.807) is 0 Å². The Labute approximate surface area is 131 Å². The lowest BCUT2D eigenvalue weighted by Crippen LogP contribution is -2.50. The Kier molecular flexibility index (Phi) is 4.23. The van der Waals surface area contributed by atoms with Gasteiger partial charge in [-0.15, -0.1) is 10.2 Å². The van der Waals surface area contributed by atoms with Crippen molar-refractivity contribution in [3.05, 3.63) is 30.0 Å². The second-order valence-electron chi connectivity index (χ2n) is 5.73. The molecule has 0 saturated carbocycles. The first-order valence-corrected chi connectivity index (χ1v) is 7.55. The molecule has 1 aromatic rings. The van der Waals surface area contributed by atoms with E-state index in [4.69, 9.17) is 0 Å². The summed E-state index contributed by atoms with van der Waals surface area (Å²) in [5.74, 6) is 0.619. The van der Waals surface area contributed by atoms with Gasteiger partial charge in [0.1, 0.15) is 0 Å². The van der Waals surface area contributed by atoms with Crippen LogP contribution in [0.15, 0.2) is 24.3 Å². The Balaban J connectivity index is 1.57. The molecule has 1 aliphatic carbocycles. The van der Waals surface area contributed by atoms with Crippen LogP contribution in [-0.4, -0.2) is 47.2 Å². The van der Waals surface area contributed by atoms with Crippen LogP contribution in [0.4, 0.5) is 19.0 Å². The molecule has 1 saturated heterocycles. The predicted octanol–water partition coefficient (Wildman–Crippen LogP) is 2.11. The van der Waals surface area contributed by atoms with Gasteiger partial charge in [-0.25, -0.2) is 0 Å². The van der Waals surface area contributed by atoms with E-state index in [2.05, 4.69) is 10.2 Å². The van der Waals surface area contributed by atoms with E-state index >= 15 is 0 Å². The fraction of sp³-hybridized carbons (Fsp3) is 0.533. The van der Waals surface area contributed by atoms with Crippen LogP contribution < -0.4 is 4.90 Å². The van der Waals surface area contributed by atoms with Crippen molar-refractivity contribution in [3.63, 3.8) is 0 Å². The van der Waals surface area contributed by atoms with Crippen LogP contribution in [0, 0.1) is 5.92 Å². The standard InChI is InChI=1S/C15H17F3N4O/c16-15(17,18)12-5-6-13(20-19-12)21-7-9-22(10-8-21)14(23)11-3-1-2-4-11/h1-2,5-6,11H,3-4,7-10H2. The number of nitrogens with zero attached hydrogens (tertiary/aromatic N) is 4. The normalized spacial score (nSPS) is 19.4. The summed E-state index contributed by atoms with van der Waals surface area (Å²) < 4.78 is 37.5. The van der Waals surface area contributed by atoms with E-state index < -0.39 is 11.9 Å². The highest BCUT2D eigenvalue weighted by Gasteiger charge is 2.33. The molecule has 1 aromatic heterocycles. The summed E-state index contributed by atoms with van der Waals surface area (Å²) in [6, 6.07) is 2.26. The van der Waals surface area contributed by atoms with Gasteiger partial charge < -0.3 is 9.80 Å². The molecular formula is C15H17F3N4O. The second kappa shape index (κ2) is 6.17. The van der Waals surface area contributed by atoms with Crippen LogP contribution in [0.5, 0.6) is 0 Å². The zero-order valence-corrected chi connectivity index (χ0v) is 12.5. The number of aromatic nitrogens is 2. The number of rotatable bonds is 2. The summed E-state index contributed by atoms with van der Waals surface area (Å²) in [4.78, 5) is 16.0. The number of carbonyl (C=O) groups is 1. The van der Waals surface area contributed by atoms with Gasteiger partial charge in [-0.2, -0.15) is 13.2 Å². The number of allylic oxidation sites excluding steroid dienone is 2. The molecule has 23 heavy (non-hydrogen) atoms. The lowest BCUT2D eigenvalue weighted by atomic mass is 10.1. The molecular weight excluding hydrogens is 309 g/mol. The van der Waals surface area contributed by atoms with Gasteiger partial charge in [0.25, 0.3) is 0 Å². The van der Waals surface area contributed by atoms with Gasteiger partial charge in [-0.05, 0) is 25.0 Å². The highest BCUT2D eigenvalue weighted by molar-refractivity contribution is 5.80. The maximum atomic E-state index is 12.5. The van der Waals surface area contributed by atoms with Crippen LogP contribution in [0.2, 0.25) is 0 Å². The maximum Gasteiger partial charge on any atom is 0.435 e. The number of piperazine rings is 1. The van der Waals surface area contributed by atoms with Crippen LogP contribution >= 0.6 is 0 Å². The van der Waals surface area contributed by atoms with Crippen molar-refractivity contribution in [2.75, 3.05) is 31.1 Å². The van der Waals surface area contributed by atoms with E-state index in [-0.39, 0.29) is 11.8 Å². The molecule has 1 aliphatic heterocycles. The largest absolute Gasteiger partial charge is 0.435 e. The molecule has 0 bridgehead atoms. The predicted molar refractivity (Wildman–Crippen MR) is 77.7 cm³/mol. The summed E-state index contributed by atoms with van der Waals surface area (Å²) in [5.41, 5.74) is -0.996. The molecule has 124 valence electrons. The molecule has 2 aliphatic rings. The lowest BCUT2D eigenvalue weighted by molar-refractivity contribution is -0.141. The Hall–Kier alpha value is -2.12. The van der Waals surface area contributed by atoms with Crippen molar-refractivity contribution in [2.24, 2.45) is 5.92 Å². The Morgan fingerprint density at radius 3 is 2.22 bits per heavy atom. The third kappa shape index (κ3) is 3.46. The monoisotopic (exact) mass is 326 g/mol. The van der Waals surface area contributed by atoms with Gasteiger partial charge in [-0.1, -0.05) is 12.2 Å². The highest BCUT2D eigenvalue weighted by atomic mass is 19.4. The van der Waals surface area contributed by atoms with Gasteiger partial charge in [0, 0.05) is 32.1 Å². The second-order valence-corrected chi connectivity index (χ2v) is 5.73. The van der Waals surface area contributed by atoms with Crippen molar-refractivity contribution in [1.82, 2.24) is 15.1 Å². The van der Waals surface area contributed by atoms with E-state index in [0.717, 1.165) is 18.9 Å². The minimum absolute atomic E-state index is 0.0485. The number of carbonyl (C=O) groups excluding carboxylic acids is 1. The first-order chi connectivity index (χ1) is 10.9. The Morgan fingerprint density at radius 2 is 1.70 bits per heavy atom. The van der Waals surface area contributed by atoms with E-state index in [1.807, 2.05) is 22.0 Å². The molecule has 0 unspecified atom stereocenters. The summed E-state index contributed by atoms with van der Waals surface area (Å²) in [5, 5.41) is 6.90. The van der Waals surface area contributed by atoms with Crippen molar-refractivity contribution in [2.45, 2.75) is 19.0 Å². The number of alkyl halides is 3. The highest BCUT2D eigenvalue weighted by Crippen LogP contribution is 2.28.